The first-order valence-electron chi connectivity index (χ1n) is 10.9. The minimum absolute atomic E-state index is 0.368. The van der Waals surface area contributed by atoms with Crippen molar-refractivity contribution < 1.29 is 9.53 Å². The monoisotopic (exact) mass is 449 g/mol. The van der Waals surface area contributed by atoms with Gasteiger partial charge in [-0.1, -0.05) is 35.9 Å². The minimum Gasteiger partial charge on any atom is -0.427 e. The summed E-state index contributed by atoms with van der Waals surface area (Å²) in [7, 11) is 2.23. The number of hydrogen-bond acceptors (Lipinski definition) is 5. The lowest BCUT2D eigenvalue weighted by atomic mass is 9.73. The fourth-order valence-electron chi connectivity index (χ4n) is 4.73. The Morgan fingerprint density at radius 2 is 2.06 bits per heavy atom. The van der Waals surface area contributed by atoms with Crippen molar-refractivity contribution in [1.29, 1.82) is 0 Å². The summed E-state index contributed by atoms with van der Waals surface area (Å²) in [5.41, 5.74) is 4.10. The van der Waals surface area contributed by atoms with Crippen molar-refractivity contribution in [3.05, 3.63) is 88.9 Å². The Bertz CT molecular complexity index is 1010. The molecule has 2 aromatic rings. The number of dihydropyridines is 1. The summed E-state index contributed by atoms with van der Waals surface area (Å²) in [6.07, 6.45) is 16.5. The van der Waals surface area contributed by atoms with Crippen LogP contribution in [0.25, 0.3) is 6.08 Å². The first kappa shape index (κ1) is 22.3. The molecule has 0 spiro atoms. The number of pyridine rings is 1. The highest BCUT2D eigenvalue weighted by Crippen LogP contribution is 2.42. The van der Waals surface area contributed by atoms with Gasteiger partial charge in [0.1, 0.15) is 5.75 Å². The van der Waals surface area contributed by atoms with E-state index in [9.17, 15) is 4.79 Å². The average molecular weight is 450 g/mol. The Labute approximate surface area is 194 Å². The molecule has 0 bridgehead atoms. The molecular weight excluding hydrogens is 422 g/mol. The third kappa shape index (κ3) is 5.29. The van der Waals surface area contributed by atoms with Crippen LogP contribution in [0, 0.1) is 5.92 Å². The number of piperidine rings is 1. The highest BCUT2D eigenvalue weighted by atomic mass is 35.5. The summed E-state index contributed by atoms with van der Waals surface area (Å²) in [4.78, 5) is 15.9. The molecule has 5 nitrogen and oxygen atoms in total. The zero-order chi connectivity index (χ0) is 22.3. The van der Waals surface area contributed by atoms with Crippen LogP contribution in [0.2, 0.25) is 5.02 Å². The van der Waals surface area contributed by atoms with Crippen molar-refractivity contribution in [3.8, 4) is 5.75 Å². The van der Waals surface area contributed by atoms with E-state index in [0.717, 1.165) is 5.02 Å². The van der Waals surface area contributed by atoms with E-state index in [2.05, 4.69) is 69.6 Å². The molecule has 0 amide bonds. The molecule has 0 saturated carbocycles. The normalized spacial score (nSPS) is 22.2. The van der Waals surface area contributed by atoms with Crippen LogP contribution in [-0.2, 0) is 4.79 Å². The number of hydrogen-bond donors (Lipinski definition) is 1. The summed E-state index contributed by atoms with van der Waals surface area (Å²) in [5.74, 6) is 1.67. The van der Waals surface area contributed by atoms with Crippen molar-refractivity contribution in [2.45, 2.75) is 24.8 Å². The number of halogens is 1. The standard InChI is InChI=1S/C20H23ClN2.C6H5NO2/c1-23-11-8-14(9-12-23)19-18-7-6-17(21)13-16(18)5-4-15-3-2-10-22-20(15)19;8-5-9-6-2-1-3-7-4-6/h2-7,10,13-14,19-20,22H,8-9,11-12H2,1H3;1-5H. The number of carbonyl (C=O) groups is 1. The molecule has 1 aromatic heterocycles. The molecule has 0 radical (unpaired) electrons. The number of rotatable bonds is 3. The van der Waals surface area contributed by atoms with Crippen molar-refractivity contribution in [2.24, 2.45) is 5.92 Å². The van der Waals surface area contributed by atoms with Gasteiger partial charge in [0.15, 0.2) is 0 Å². The second-order valence-electron chi connectivity index (χ2n) is 8.35. The van der Waals surface area contributed by atoms with E-state index in [1.165, 1.54) is 48.8 Å². The van der Waals surface area contributed by atoms with Crippen LogP contribution in [0.3, 0.4) is 0 Å². The van der Waals surface area contributed by atoms with E-state index in [0.29, 0.717) is 30.1 Å². The first-order valence-corrected chi connectivity index (χ1v) is 11.3. The first-order chi connectivity index (χ1) is 15.7. The van der Waals surface area contributed by atoms with Crippen LogP contribution in [0.5, 0.6) is 5.75 Å². The highest BCUT2D eigenvalue weighted by molar-refractivity contribution is 6.30. The van der Waals surface area contributed by atoms with Crippen molar-refractivity contribution in [2.75, 3.05) is 20.1 Å². The van der Waals surface area contributed by atoms with Gasteiger partial charge in [0.05, 0.1) is 12.2 Å². The maximum absolute atomic E-state index is 9.72. The Balaban J connectivity index is 0.000000230. The largest absolute Gasteiger partial charge is 0.427 e. The van der Waals surface area contributed by atoms with E-state index in [4.69, 9.17) is 11.6 Å². The second-order valence-corrected chi connectivity index (χ2v) is 8.78. The van der Waals surface area contributed by atoms with Gasteiger partial charge in [-0.05, 0) is 92.1 Å². The summed E-state index contributed by atoms with van der Waals surface area (Å²) >= 11 is 6.25. The molecule has 32 heavy (non-hydrogen) atoms. The van der Waals surface area contributed by atoms with Gasteiger partial charge in [0.2, 0.25) is 0 Å². The smallest absolute Gasteiger partial charge is 0.298 e. The third-order valence-corrected chi connectivity index (χ3v) is 6.57. The van der Waals surface area contributed by atoms with Crippen LogP contribution in [-0.4, -0.2) is 42.5 Å². The highest BCUT2D eigenvalue weighted by Gasteiger charge is 2.36. The molecule has 2 unspecified atom stereocenters. The van der Waals surface area contributed by atoms with Crippen LogP contribution < -0.4 is 10.1 Å². The summed E-state index contributed by atoms with van der Waals surface area (Å²) in [6.45, 7) is 2.76. The van der Waals surface area contributed by atoms with Gasteiger partial charge in [0.25, 0.3) is 6.47 Å². The van der Waals surface area contributed by atoms with Crippen LogP contribution in [0.1, 0.15) is 29.9 Å². The average Bonchev–Trinajstić information content (AvgIpc) is 2.98. The van der Waals surface area contributed by atoms with E-state index in [-0.39, 0.29) is 0 Å². The number of nitrogens with one attached hydrogen (secondary N) is 1. The molecular formula is C26H28ClN3O2. The van der Waals surface area contributed by atoms with Crippen LogP contribution in [0.15, 0.2) is 72.7 Å². The maximum atomic E-state index is 9.72. The van der Waals surface area contributed by atoms with E-state index in [1.54, 1.807) is 18.3 Å². The topological polar surface area (TPSA) is 54.5 Å². The molecule has 1 aliphatic carbocycles. The molecule has 1 saturated heterocycles. The summed E-state index contributed by atoms with van der Waals surface area (Å²) in [5, 5.41) is 4.45. The van der Waals surface area contributed by atoms with Crippen LogP contribution in [0.4, 0.5) is 0 Å². The molecule has 1 N–H and O–H groups in total. The molecule has 2 aliphatic heterocycles. The van der Waals surface area contributed by atoms with Gasteiger partial charge < -0.3 is 15.0 Å². The number of nitrogens with zero attached hydrogens (tertiary/aromatic N) is 2. The fraction of sp³-hybridized carbons (Fsp3) is 0.308. The Hall–Kier alpha value is -2.89. The van der Waals surface area contributed by atoms with Gasteiger partial charge in [-0.15, -0.1) is 0 Å². The maximum Gasteiger partial charge on any atom is 0.298 e. The van der Waals surface area contributed by atoms with Crippen molar-refractivity contribution in [3.63, 3.8) is 0 Å². The predicted octanol–water partition coefficient (Wildman–Crippen LogP) is 4.82. The molecule has 1 aromatic carbocycles. The lowest BCUT2D eigenvalue weighted by Gasteiger charge is -2.39. The minimum atomic E-state index is 0.368. The molecule has 1 fully saturated rings. The lowest BCUT2D eigenvalue weighted by Crippen LogP contribution is -2.41. The number of carbonyl (C=O) groups excluding carboxylic acids is 1. The number of allylic oxidation sites excluding steroid dienone is 2. The quantitative estimate of drug-likeness (QED) is 0.681. The molecule has 6 heteroatoms. The number of likely N-dealkylation sites (tertiary alicyclic amines) is 1. The zero-order valence-electron chi connectivity index (χ0n) is 18.2. The Kier molecular flexibility index (Phi) is 7.40. The molecule has 166 valence electrons. The van der Waals surface area contributed by atoms with Crippen molar-refractivity contribution in [1.82, 2.24) is 15.2 Å². The van der Waals surface area contributed by atoms with Gasteiger partial charge in [-0.25, -0.2) is 0 Å². The van der Waals surface area contributed by atoms with Gasteiger partial charge in [0, 0.05) is 17.1 Å². The number of aromatic nitrogens is 1. The van der Waals surface area contributed by atoms with Gasteiger partial charge in [-0.2, -0.15) is 0 Å². The molecule has 5 rings (SSSR count). The zero-order valence-corrected chi connectivity index (χ0v) is 18.9. The number of ether oxygens (including phenoxy) is 1. The molecule has 2 atom stereocenters. The molecule has 3 heterocycles. The SMILES string of the molecule is CN1CCC(C2c3ccc(Cl)cc3C=CC3=CC=CNC32)CC1.O=COc1cccnc1. The second kappa shape index (κ2) is 10.6. The van der Waals surface area contributed by atoms with Crippen LogP contribution >= 0.6 is 11.6 Å². The van der Waals surface area contributed by atoms with Crippen molar-refractivity contribution >= 4 is 24.1 Å². The fourth-order valence-corrected chi connectivity index (χ4v) is 4.91. The summed E-state index contributed by atoms with van der Waals surface area (Å²) in [6, 6.07) is 10.1. The predicted molar refractivity (Wildman–Crippen MR) is 129 cm³/mol. The number of benzene rings is 1. The lowest BCUT2D eigenvalue weighted by molar-refractivity contribution is -0.120. The Morgan fingerprint density at radius 1 is 1.22 bits per heavy atom. The summed E-state index contributed by atoms with van der Waals surface area (Å²) < 4.78 is 4.46. The van der Waals surface area contributed by atoms with E-state index >= 15 is 0 Å². The van der Waals surface area contributed by atoms with E-state index < -0.39 is 0 Å². The van der Waals surface area contributed by atoms with E-state index in [1.807, 2.05) is 6.07 Å². The Morgan fingerprint density at radius 3 is 2.81 bits per heavy atom. The third-order valence-electron chi connectivity index (χ3n) is 6.33. The van der Waals surface area contributed by atoms with Gasteiger partial charge in [-0.3, -0.25) is 9.78 Å². The number of fused-ring (bicyclic) bond motifs is 2. The molecule has 3 aliphatic rings. The van der Waals surface area contributed by atoms with Gasteiger partial charge >= 0.3 is 0 Å².